The van der Waals surface area contributed by atoms with Crippen molar-refractivity contribution in [1.29, 1.82) is 0 Å². The van der Waals surface area contributed by atoms with Gasteiger partial charge in [0.25, 0.3) is 5.69 Å². The fourth-order valence-corrected chi connectivity index (χ4v) is 4.03. The number of non-ortho nitro benzene ring substituents is 1. The number of nitrogens with zero attached hydrogens (tertiary/aromatic N) is 3. The Hall–Kier alpha value is -3.27. The van der Waals surface area contributed by atoms with Crippen molar-refractivity contribution in [2.24, 2.45) is 0 Å². The summed E-state index contributed by atoms with van der Waals surface area (Å²) in [4.78, 5) is 10.3. The highest BCUT2D eigenvalue weighted by Gasteiger charge is 2.36. The van der Waals surface area contributed by atoms with Gasteiger partial charge in [0.2, 0.25) is 5.88 Å². The highest BCUT2D eigenvalue weighted by molar-refractivity contribution is 7.87. The van der Waals surface area contributed by atoms with E-state index in [2.05, 4.69) is 0 Å². The van der Waals surface area contributed by atoms with Crippen LogP contribution >= 0.6 is 0 Å². The lowest BCUT2D eigenvalue weighted by atomic mass is 10.2. The molecule has 10 heteroatoms. The number of aliphatic hydroxyl groups is 1. The third kappa shape index (κ3) is 3.80. The molecule has 9 nitrogen and oxygen atoms in total. The largest absolute Gasteiger partial charge is 0.497 e. The molecule has 0 unspecified atom stereocenters. The second kappa shape index (κ2) is 7.16. The Balaban J connectivity index is 1.79. The predicted molar refractivity (Wildman–Crippen MR) is 96.8 cm³/mol. The molecular weight excluding hydrogens is 374 g/mol. The Kier molecular flexibility index (Phi) is 4.91. The summed E-state index contributed by atoms with van der Waals surface area (Å²) in [6.45, 7) is -0.187. The lowest BCUT2D eigenvalue weighted by Crippen LogP contribution is -2.33. The van der Waals surface area contributed by atoms with E-state index < -0.39 is 21.0 Å². The van der Waals surface area contributed by atoms with Gasteiger partial charge in [-0.05, 0) is 23.3 Å². The van der Waals surface area contributed by atoms with Crippen molar-refractivity contribution < 1.29 is 23.2 Å². The minimum Gasteiger partial charge on any atom is -0.497 e. The van der Waals surface area contributed by atoms with E-state index in [-0.39, 0.29) is 18.8 Å². The molecule has 0 spiro atoms. The summed E-state index contributed by atoms with van der Waals surface area (Å²) >= 11 is 0. The number of hydrogen-bond donors (Lipinski definition) is 1. The Labute approximate surface area is 156 Å². The molecule has 2 aromatic rings. The average Bonchev–Trinajstić information content (AvgIpc) is 2.85. The normalized spacial score (nSPS) is 15.5. The first-order valence-electron chi connectivity index (χ1n) is 7.88. The number of nitro groups is 1. The number of rotatable bonds is 6. The summed E-state index contributed by atoms with van der Waals surface area (Å²) in [5.74, 6) is 0.214. The first kappa shape index (κ1) is 18.5. The topological polar surface area (TPSA) is 113 Å². The monoisotopic (exact) mass is 391 g/mol. The average molecular weight is 391 g/mol. The van der Waals surface area contributed by atoms with Gasteiger partial charge < -0.3 is 9.84 Å². The molecule has 0 amide bonds. The number of nitro benzene ring substituents is 1. The number of methoxy groups -OCH3 is 1. The second-order valence-electron chi connectivity index (χ2n) is 5.82. The zero-order chi connectivity index (χ0) is 19.6. The fourth-order valence-electron chi connectivity index (χ4n) is 2.64. The van der Waals surface area contributed by atoms with Crippen molar-refractivity contribution in [3.63, 3.8) is 0 Å². The van der Waals surface area contributed by atoms with Gasteiger partial charge in [-0.3, -0.25) is 14.4 Å². The maximum atomic E-state index is 12.7. The highest BCUT2D eigenvalue weighted by atomic mass is 32.2. The Morgan fingerprint density at radius 3 is 2.44 bits per heavy atom. The van der Waals surface area contributed by atoms with E-state index in [4.69, 9.17) is 4.74 Å². The molecule has 27 heavy (non-hydrogen) atoms. The van der Waals surface area contributed by atoms with Crippen LogP contribution in [0.15, 0.2) is 60.6 Å². The van der Waals surface area contributed by atoms with Crippen LogP contribution in [-0.2, 0) is 23.3 Å². The molecule has 0 bridgehead atoms. The van der Waals surface area contributed by atoms with Crippen LogP contribution in [0.4, 0.5) is 5.69 Å². The number of hydrogen-bond acceptors (Lipinski definition) is 6. The molecule has 0 atom stereocenters. The van der Waals surface area contributed by atoms with Crippen LogP contribution in [0.3, 0.4) is 0 Å². The molecule has 142 valence electrons. The van der Waals surface area contributed by atoms with Crippen LogP contribution in [0.5, 0.6) is 5.75 Å². The van der Waals surface area contributed by atoms with Gasteiger partial charge in [-0.2, -0.15) is 8.42 Å². The zero-order valence-electron chi connectivity index (χ0n) is 14.3. The maximum absolute atomic E-state index is 12.7. The molecule has 2 aromatic carbocycles. The first-order chi connectivity index (χ1) is 12.8. The Morgan fingerprint density at radius 1 is 1.11 bits per heavy atom. The number of aliphatic hydroxyl groups excluding tert-OH is 1. The summed E-state index contributed by atoms with van der Waals surface area (Å²) in [6, 6.07) is 12.5. The van der Waals surface area contributed by atoms with Crippen LogP contribution in [-0.4, -0.2) is 34.2 Å². The first-order valence-corrected chi connectivity index (χ1v) is 9.27. The molecule has 1 N–H and O–H groups in total. The fraction of sp³-hybridized carbons (Fsp3) is 0.176. The van der Waals surface area contributed by atoms with Crippen molar-refractivity contribution in [2.45, 2.75) is 13.1 Å². The molecule has 0 radical (unpaired) electrons. The zero-order valence-corrected chi connectivity index (χ0v) is 15.2. The summed E-state index contributed by atoms with van der Waals surface area (Å²) in [6.07, 6.45) is 1.09. The summed E-state index contributed by atoms with van der Waals surface area (Å²) in [5.41, 5.74) is 0.965. The molecule has 1 aliphatic rings. The summed E-state index contributed by atoms with van der Waals surface area (Å²) < 4.78 is 32.3. The lowest BCUT2D eigenvalue weighted by molar-refractivity contribution is -0.384. The second-order valence-corrected chi connectivity index (χ2v) is 7.63. The minimum absolute atomic E-state index is 0.0555. The maximum Gasteiger partial charge on any atom is 0.329 e. The van der Waals surface area contributed by atoms with Gasteiger partial charge in [0.15, 0.2) is 0 Å². The van der Waals surface area contributed by atoms with Crippen LogP contribution in [0.1, 0.15) is 11.1 Å². The smallest absolute Gasteiger partial charge is 0.329 e. The van der Waals surface area contributed by atoms with Gasteiger partial charge in [0, 0.05) is 12.1 Å². The Morgan fingerprint density at radius 2 is 1.81 bits per heavy atom. The number of ether oxygens (including phenoxy) is 1. The molecule has 0 aromatic heterocycles. The number of benzene rings is 2. The van der Waals surface area contributed by atoms with Crippen LogP contribution < -0.4 is 4.74 Å². The molecule has 3 rings (SSSR count). The van der Waals surface area contributed by atoms with E-state index in [1.165, 1.54) is 25.3 Å². The molecule has 0 fully saturated rings. The molecule has 1 aliphatic heterocycles. The van der Waals surface area contributed by atoms with Gasteiger partial charge in [0.1, 0.15) is 5.75 Å². The molecule has 1 heterocycles. The molecular formula is C17H17N3O6S. The highest BCUT2D eigenvalue weighted by Crippen LogP contribution is 2.28. The van der Waals surface area contributed by atoms with E-state index in [0.29, 0.717) is 16.9 Å². The minimum atomic E-state index is -4.00. The van der Waals surface area contributed by atoms with Gasteiger partial charge >= 0.3 is 10.2 Å². The van der Waals surface area contributed by atoms with Gasteiger partial charge in [-0.25, -0.2) is 4.31 Å². The molecule has 0 saturated carbocycles. The third-order valence-electron chi connectivity index (χ3n) is 4.03. The van der Waals surface area contributed by atoms with Gasteiger partial charge in [-0.15, -0.1) is 0 Å². The van der Waals surface area contributed by atoms with Crippen molar-refractivity contribution in [3.05, 3.63) is 81.9 Å². The van der Waals surface area contributed by atoms with Crippen LogP contribution in [0, 0.1) is 10.1 Å². The lowest BCUT2D eigenvalue weighted by Gasteiger charge is -2.21. The van der Waals surface area contributed by atoms with E-state index in [1.807, 2.05) is 0 Å². The standard InChI is InChI=1S/C17H17N3O6S/c1-26-16-7-5-13(6-8-16)11-19-17(21)12-18(27(19,24)25)10-14-3-2-4-15(9-14)20(22)23/h2-9,12,21H,10-11H2,1H3. The van der Waals surface area contributed by atoms with E-state index in [1.54, 1.807) is 30.3 Å². The van der Waals surface area contributed by atoms with E-state index in [0.717, 1.165) is 14.8 Å². The SMILES string of the molecule is COc1ccc(CN2C(O)=CN(Cc3cccc([N+](=O)[O-])c3)S2(=O)=O)cc1. The van der Waals surface area contributed by atoms with Crippen LogP contribution in [0.25, 0.3) is 0 Å². The van der Waals surface area contributed by atoms with Crippen LogP contribution in [0.2, 0.25) is 0 Å². The van der Waals surface area contributed by atoms with E-state index in [9.17, 15) is 23.6 Å². The summed E-state index contributed by atoms with van der Waals surface area (Å²) in [7, 11) is -2.47. The molecule has 0 saturated heterocycles. The van der Waals surface area contributed by atoms with Gasteiger partial charge in [-0.1, -0.05) is 24.3 Å². The predicted octanol–water partition coefficient (Wildman–Crippen LogP) is 2.52. The van der Waals surface area contributed by atoms with E-state index >= 15 is 0 Å². The van der Waals surface area contributed by atoms with Crippen molar-refractivity contribution in [3.8, 4) is 5.75 Å². The van der Waals surface area contributed by atoms with Gasteiger partial charge in [0.05, 0.1) is 31.3 Å². The Bertz CT molecular complexity index is 988. The summed E-state index contributed by atoms with van der Waals surface area (Å²) in [5, 5.41) is 21.0. The molecule has 0 aliphatic carbocycles. The van der Waals surface area contributed by atoms with Crippen molar-refractivity contribution >= 4 is 15.9 Å². The van der Waals surface area contributed by atoms with Crippen molar-refractivity contribution in [1.82, 2.24) is 8.61 Å². The quantitative estimate of drug-likeness (QED) is 0.598. The third-order valence-corrected chi connectivity index (χ3v) is 5.74. The van der Waals surface area contributed by atoms with Crippen molar-refractivity contribution in [2.75, 3.05) is 7.11 Å².